The van der Waals surface area contributed by atoms with Crippen molar-refractivity contribution in [3.63, 3.8) is 0 Å². The molecule has 1 radical (unpaired) electrons. The van der Waals surface area contributed by atoms with E-state index < -0.39 is 0 Å². The van der Waals surface area contributed by atoms with Gasteiger partial charge < -0.3 is 0 Å². The molecule has 0 bridgehead atoms. The summed E-state index contributed by atoms with van der Waals surface area (Å²) in [5.41, 5.74) is 0. The Hall–Kier alpha value is 0.0649. The molecule has 0 fully saturated rings. The summed E-state index contributed by atoms with van der Waals surface area (Å²) in [5, 5.41) is 0. The second-order valence-corrected chi connectivity index (χ2v) is 5.35. The van der Waals surface area contributed by atoms with E-state index >= 15 is 0 Å². The fourth-order valence-electron chi connectivity index (χ4n) is 2.48. The van der Waals surface area contributed by atoms with Gasteiger partial charge in [-0.3, -0.25) is 0 Å². The van der Waals surface area contributed by atoms with Gasteiger partial charge in [0.25, 0.3) is 0 Å². The van der Waals surface area contributed by atoms with Gasteiger partial charge in [-0.2, -0.15) is 0 Å². The van der Waals surface area contributed by atoms with E-state index in [1.807, 2.05) is 0 Å². The predicted octanol–water partition coefficient (Wildman–Crippen LogP) is 6.05. The number of unbranched alkanes of at least 4 members (excludes halogenated alkanes) is 6. The maximum atomic E-state index is 2.31. The molecule has 0 nitrogen and oxygen atoms in total. The minimum Gasteiger partial charge on any atom is -0.208 e. The average molecular weight is 224 g/mol. The van der Waals surface area contributed by atoms with Crippen molar-refractivity contribution in [3.8, 4) is 0 Å². The smallest absolute Gasteiger partial charge is 0.0563 e. The molecule has 0 unspecified atom stereocenters. The second kappa shape index (κ2) is 13.1. The Labute approximate surface area is 105 Å². The molecule has 0 atom stereocenters. The van der Waals surface area contributed by atoms with Crippen LogP contribution in [0.3, 0.4) is 0 Å². The van der Waals surface area contributed by atoms with Crippen molar-refractivity contribution in [1.82, 2.24) is 0 Å². The van der Waals surface area contributed by atoms with Crippen LogP contribution >= 0.6 is 0 Å². The van der Waals surface area contributed by atoms with Crippen LogP contribution in [0.15, 0.2) is 0 Å². The van der Waals surface area contributed by atoms with Gasteiger partial charge in [0, 0.05) is 0 Å². The molecule has 0 N–H and O–H groups in total. The predicted molar refractivity (Wildman–Crippen MR) is 78.8 cm³/mol. The lowest BCUT2D eigenvalue weighted by atomic mass is 9.41. The molecule has 0 rings (SSSR count). The van der Waals surface area contributed by atoms with E-state index in [2.05, 4.69) is 20.8 Å². The number of rotatable bonds is 12. The van der Waals surface area contributed by atoms with Gasteiger partial charge in [-0.25, -0.2) is 19.0 Å². The molecule has 0 aliphatic rings. The van der Waals surface area contributed by atoms with Crippen molar-refractivity contribution >= 4 is 6.71 Å². The Morgan fingerprint density at radius 3 is 1.06 bits per heavy atom. The lowest BCUT2D eigenvalue weighted by molar-refractivity contribution is 0.726. The van der Waals surface area contributed by atoms with Gasteiger partial charge >= 0.3 is 0 Å². The van der Waals surface area contributed by atoms with Gasteiger partial charge in [0.05, 0.1) is 0 Å². The molecule has 0 heterocycles. The molecule has 0 saturated heterocycles. The average Bonchev–Trinajstić information content (AvgIpc) is 2.29. The first kappa shape index (κ1) is 16.1. The van der Waals surface area contributed by atoms with Gasteiger partial charge in [0.1, 0.15) is 0 Å². The highest BCUT2D eigenvalue weighted by Crippen LogP contribution is 2.18. The molecule has 1 heteroatoms. The van der Waals surface area contributed by atoms with Crippen LogP contribution in [-0.2, 0) is 0 Å². The van der Waals surface area contributed by atoms with E-state index in [9.17, 15) is 0 Å². The van der Waals surface area contributed by atoms with Crippen LogP contribution < -0.4 is 0 Å². The third-order valence-electron chi connectivity index (χ3n) is 3.65. The molecule has 0 aromatic carbocycles. The molecule has 0 aliphatic carbocycles. The standard InChI is InChI=1S/C15H33B/c1-4-7-10-13-16(14-11-8-5-2)15-12-9-6-3/h4-15H2,1-3H3/q-1. The Morgan fingerprint density at radius 1 is 0.500 bits per heavy atom. The maximum Gasteiger partial charge on any atom is -0.0563 e. The highest BCUT2D eigenvalue weighted by atomic mass is 13.9. The van der Waals surface area contributed by atoms with Crippen LogP contribution in [0, 0.1) is 0 Å². The Morgan fingerprint density at radius 2 is 0.812 bits per heavy atom. The highest BCUT2D eigenvalue weighted by molar-refractivity contribution is 6.58. The minimum atomic E-state index is 1.05. The van der Waals surface area contributed by atoms with Gasteiger partial charge in [-0.1, -0.05) is 78.6 Å². The molecule has 97 valence electrons. The lowest BCUT2D eigenvalue weighted by Crippen LogP contribution is -2.11. The zero-order chi connectivity index (χ0) is 12.1. The molecular weight excluding hydrogens is 191 g/mol. The van der Waals surface area contributed by atoms with E-state index in [1.165, 1.54) is 76.7 Å². The fraction of sp³-hybridized carbons (Fsp3) is 1.00. The normalized spacial score (nSPS) is 11.2. The molecular formula is C15H33B-. The topological polar surface area (TPSA) is 0 Å². The van der Waals surface area contributed by atoms with Crippen LogP contribution in [0.2, 0.25) is 19.0 Å². The molecule has 16 heavy (non-hydrogen) atoms. The van der Waals surface area contributed by atoms with Crippen molar-refractivity contribution < 1.29 is 0 Å². The largest absolute Gasteiger partial charge is 0.208 e. The summed E-state index contributed by atoms with van der Waals surface area (Å²) in [6, 6.07) is 0. The van der Waals surface area contributed by atoms with Crippen molar-refractivity contribution in [2.24, 2.45) is 0 Å². The van der Waals surface area contributed by atoms with E-state index in [4.69, 9.17) is 0 Å². The van der Waals surface area contributed by atoms with Gasteiger partial charge in [-0.15, -0.1) is 6.71 Å². The monoisotopic (exact) mass is 224 g/mol. The van der Waals surface area contributed by atoms with E-state index in [-0.39, 0.29) is 0 Å². The van der Waals surface area contributed by atoms with E-state index in [0.717, 1.165) is 6.71 Å². The number of hydrogen-bond donors (Lipinski definition) is 0. The summed E-state index contributed by atoms with van der Waals surface area (Å²) in [7, 11) is 0. The lowest BCUT2D eigenvalue weighted by Gasteiger charge is -2.26. The Bertz CT molecular complexity index is 98.8. The van der Waals surface area contributed by atoms with Gasteiger partial charge in [0.15, 0.2) is 0 Å². The summed E-state index contributed by atoms with van der Waals surface area (Å²) in [6.45, 7) is 7.97. The summed E-state index contributed by atoms with van der Waals surface area (Å²) >= 11 is 0. The van der Waals surface area contributed by atoms with Crippen LogP contribution in [0.1, 0.15) is 78.6 Å². The molecule has 0 saturated carbocycles. The molecule has 0 aromatic heterocycles. The Kier molecular flexibility index (Phi) is 13.2. The molecule has 0 aliphatic heterocycles. The van der Waals surface area contributed by atoms with Crippen molar-refractivity contribution in [2.75, 3.05) is 0 Å². The molecule has 0 amide bonds. The van der Waals surface area contributed by atoms with E-state index in [1.54, 1.807) is 0 Å². The first-order valence-electron chi connectivity index (χ1n) is 7.85. The molecule has 0 aromatic rings. The second-order valence-electron chi connectivity index (χ2n) is 5.35. The van der Waals surface area contributed by atoms with Gasteiger partial charge in [0.2, 0.25) is 0 Å². The van der Waals surface area contributed by atoms with Crippen LogP contribution in [0.4, 0.5) is 0 Å². The summed E-state index contributed by atoms with van der Waals surface area (Å²) < 4.78 is 0. The third-order valence-corrected chi connectivity index (χ3v) is 3.65. The minimum absolute atomic E-state index is 1.05. The van der Waals surface area contributed by atoms with Crippen molar-refractivity contribution in [2.45, 2.75) is 97.5 Å². The quantitative estimate of drug-likeness (QED) is 0.279. The van der Waals surface area contributed by atoms with Crippen molar-refractivity contribution in [1.29, 1.82) is 0 Å². The Balaban J connectivity index is 3.58. The fourth-order valence-corrected chi connectivity index (χ4v) is 2.48. The maximum absolute atomic E-state index is 2.31. The van der Waals surface area contributed by atoms with E-state index in [0.29, 0.717) is 0 Å². The SMILES string of the molecule is CCCCC[B-](CCCCC)CCCCC. The zero-order valence-corrected chi connectivity index (χ0v) is 12.1. The highest BCUT2D eigenvalue weighted by Gasteiger charge is 1.98. The first-order valence-corrected chi connectivity index (χ1v) is 7.85. The van der Waals surface area contributed by atoms with Crippen LogP contribution in [0.5, 0.6) is 0 Å². The summed E-state index contributed by atoms with van der Waals surface area (Å²) in [5.74, 6) is 0. The summed E-state index contributed by atoms with van der Waals surface area (Å²) in [4.78, 5) is 0. The van der Waals surface area contributed by atoms with Crippen molar-refractivity contribution in [3.05, 3.63) is 0 Å². The summed E-state index contributed by atoms with van der Waals surface area (Å²) in [6.07, 6.45) is 17.4. The first-order chi connectivity index (χ1) is 7.85. The zero-order valence-electron chi connectivity index (χ0n) is 12.1. The van der Waals surface area contributed by atoms with Gasteiger partial charge in [-0.05, 0) is 0 Å². The third kappa shape index (κ3) is 10.6. The van der Waals surface area contributed by atoms with Crippen LogP contribution in [0.25, 0.3) is 0 Å². The van der Waals surface area contributed by atoms with Crippen LogP contribution in [-0.4, -0.2) is 6.71 Å². The molecule has 0 spiro atoms. The number of hydrogen-bond acceptors (Lipinski definition) is 0.